The molecule has 0 aromatic heterocycles. The van der Waals surface area contributed by atoms with Gasteiger partial charge in [0.25, 0.3) is 0 Å². The van der Waals surface area contributed by atoms with Crippen molar-refractivity contribution in [3.63, 3.8) is 0 Å². The van der Waals surface area contributed by atoms with Crippen molar-refractivity contribution in [2.75, 3.05) is 19.8 Å². The van der Waals surface area contributed by atoms with Crippen LogP contribution < -0.4 is 0 Å². The number of benzene rings is 1. The van der Waals surface area contributed by atoms with Crippen LogP contribution >= 0.6 is 12.6 Å². The van der Waals surface area contributed by atoms with E-state index in [0.29, 0.717) is 19.8 Å². The van der Waals surface area contributed by atoms with E-state index in [1.807, 2.05) is 24.3 Å². The Morgan fingerprint density at radius 1 is 1.23 bits per heavy atom. The minimum atomic E-state index is 0.0578. The molecular formula is C10H12O2S. The highest BCUT2D eigenvalue weighted by atomic mass is 32.1. The average molecular weight is 196 g/mol. The molecule has 1 unspecified atom stereocenters. The fraction of sp³-hybridized carbons (Fsp3) is 0.400. The van der Waals surface area contributed by atoms with E-state index < -0.39 is 0 Å². The maximum atomic E-state index is 5.57. The Labute approximate surface area is 83.3 Å². The minimum absolute atomic E-state index is 0.0578. The van der Waals surface area contributed by atoms with Crippen molar-refractivity contribution in [1.29, 1.82) is 0 Å². The molecule has 0 bridgehead atoms. The first-order chi connectivity index (χ1) is 6.38. The van der Waals surface area contributed by atoms with E-state index in [-0.39, 0.29) is 6.10 Å². The second-order valence-corrected chi connectivity index (χ2v) is 3.47. The predicted molar refractivity (Wildman–Crippen MR) is 53.2 cm³/mol. The van der Waals surface area contributed by atoms with E-state index in [1.54, 1.807) is 0 Å². The zero-order chi connectivity index (χ0) is 9.10. The van der Waals surface area contributed by atoms with E-state index in [0.717, 1.165) is 10.5 Å². The fourth-order valence-electron chi connectivity index (χ4n) is 1.43. The van der Waals surface area contributed by atoms with Crippen LogP contribution in [0.1, 0.15) is 11.7 Å². The summed E-state index contributed by atoms with van der Waals surface area (Å²) in [5.41, 5.74) is 1.12. The third-order valence-corrected chi connectivity index (χ3v) is 2.51. The first kappa shape index (κ1) is 9.06. The Morgan fingerprint density at radius 3 is 2.77 bits per heavy atom. The lowest BCUT2D eigenvalue weighted by atomic mass is 10.1. The maximum Gasteiger partial charge on any atom is 0.107 e. The Balaban J connectivity index is 2.18. The smallest absolute Gasteiger partial charge is 0.107 e. The van der Waals surface area contributed by atoms with Crippen molar-refractivity contribution in [1.82, 2.24) is 0 Å². The van der Waals surface area contributed by atoms with Crippen LogP contribution in [0.15, 0.2) is 29.2 Å². The highest BCUT2D eigenvalue weighted by molar-refractivity contribution is 7.80. The number of ether oxygens (including phenoxy) is 2. The molecule has 3 heteroatoms. The number of rotatable bonds is 1. The molecule has 2 rings (SSSR count). The molecule has 13 heavy (non-hydrogen) atoms. The van der Waals surface area contributed by atoms with Crippen LogP contribution in [0.5, 0.6) is 0 Å². The van der Waals surface area contributed by atoms with E-state index in [2.05, 4.69) is 12.6 Å². The quantitative estimate of drug-likeness (QED) is 0.693. The molecule has 1 saturated heterocycles. The molecule has 0 amide bonds. The maximum absolute atomic E-state index is 5.57. The fourth-order valence-corrected chi connectivity index (χ4v) is 1.73. The van der Waals surface area contributed by atoms with Gasteiger partial charge in [-0.3, -0.25) is 0 Å². The van der Waals surface area contributed by atoms with Crippen molar-refractivity contribution in [2.45, 2.75) is 11.0 Å². The van der Waals surface area contributed by atoms with Crippen molar-refractivity contribution < 1.29 is 9.47 Å². The summed E-state index contributed by atoms with van der Waals surface area (Å²) in [5.74, 6) is 0. The summed E-state index contributed by atoms with van der Waals surface area (Å²) in [6.45, 7) is 2.01. The van der Waals surface area contributed by atoms with Crippen LogP contribution in [0.25, 0.3) is 0 Å². The molecule has 0 saturated carbocycles. The van der Waals surface area contributed by atoms with E-state index in [4.69, 9.17) is 9.47 Å². The molecule has 1 aliphatic rings. The lowest BCUT2D eigenvalue weighted by Gasteiger charge is -2.24. The van der Waals surface area contributed by atoms with Gasteiger partial charge in [0, 0.05) is 4.90 Å². The third kappa shape index (κ3) is 2.05. The van der Waals surface area contributed by atoms with Crippen molar-refractivity contribution in [2.24, 2.45) is 0 Å². The Bertz CT molecular complexity index is 282. The summed E-state index contributed by atoms with van der Waals surface area (Å²) in [7, 11) is 0. The molecule has 1 aromatic rings. The highest BCUT2D eigenvalue weighted by Gasteiger charge is 2.17. The molecule has 70 valence electrons. The van der Waals surface area contributed by atoms with Gasteiger partial charge in [0.05, 0.1) is 19.8 Å². The standard InChI is InChI=1S/C10H12O2S/c13-10-4-2-1-3-8(10)9-7-11-5-6-12-9/h1-4,9,13H,5-7H2. The second-order valence-electron chi connectivity index (χ2n) is 2.99. The SMILES string of the molecule is Sc1ccccc1C1COCCO1. The summed E-state index contributed by atoms with van der Waals surface area (Å²) >= 11 is 4.37. The molecule has 1 heterocycles. The third-order valence-electron chi connectivity index (χ3n) is 2.10. The monoisotopic (exact) mass is 196 g/mol. The molecule has 0 aliphatic carbocycles. The zero-order valence-electron chi connectivity index (χ0n) is 7.27. The topological polar surface area (TPSA) is 18.5 Å². The molecular weight excluding hydrogens is 184 g/mol. The van der Waals surface area contributed by atoms with Crippen molar-refractivity contribution >= 4 is 12.6 Å². The summed E-state index contributed by atoms with van der Waals surface area (Å²) in [4.78, 5) is 0.970. The lowest BCUT2D eigenvalue weighted by molar-refractivity contribution is -0.0911. The van der Waals surface area contributed by atoms with Gasteiger partial charge >= 0.3 is 0 Å². The van der Waals surface area contributed by atoms with Gasteiger partial charge in [0.2, 0.25) is 0 Å². The van der Waals surface area contributed by atoms with E-state index in [1.165, 1.54) is 0 Å². The first-order valence-electron chi connectivity index (χ1n) is 4.35. The molecule has 0 spiro atoms. The van der Waals surface area contributed by atoms with Gasteiger partial charge in [0.1, 0.15) is 6.10 Å². The molecule has 1 atom stereocenters. The van der Waals surface area contributed by atoms with Gasteiger partial charge in [0.15, 0.2) is 0 Å². The molecule has 1 aromatic carbocycles. The minimum Gasteiger partial charge on any atom is -0.376 e. The van der Waals surface area contributed by atoms with E-state index in [9.17, 15) is 0 Å². The summed E-state index contributed by atoms with van der Waals surface area (Å²) in [5, 5.41) is 0. The van der Waals surface area contributed by atoms with Crippen LogP contribution in [0.2, 0.25) is 0 Å². The van der Waals surface area contributed by atoms with Gasteiger partial charge in [-0.05, 0) is 11.6 Å². The van der Waals surface area contributed by atoms with Gasteiger partial charge in [-0.15, -0.1) is 12.6 Å². The van der Waals surface area contributed by atoms with Crippen LogP contribution in [0, 0.1) is 0 Å². The summed E-state index contributed by atoms with van der Waals surface area (Å²) in [6, 6.07) is 7.96. The molecule has 1 fully saturated rings. The molecule has 0 N–H and O–H groups in total. The average Bonchev–Trinajstić information content (AvgIpc) is 2.20. The summed E-state index contributed by atoms with van der Waals surface area (Å²) in [6.07, 6.45) is 0.0578. The lowest BCUT2D eigenvalue weighted by Crippen LogP contribution is -2.22. The number of hydrogen-bond acceptors (Lipinski definition) is 3. The summed E-state index contributed by atoms with van der Waals surface area (Å²) < 4.78 is 10.9. The highest BCUT2D eigenvalue weighted by Crippen LogP contribution is 2.25. The Kier molecular flexibility index (Phi) is 2.88. The Hall–Kier alpha value is -0.510. The van der Waals surface area contributed by atoms with Crippen LogP contribution in [0.4, 0.5) is 0 Å². The largest absolute Gasteiger partial charge is 0.376 e. The predicted octanol–water partition coefficient (Wildman–Crippen LogP) is 2.06. The van der Waals surface area contributed by atoms with Gasteiger partial charge in [-0.25, -0.2) is 0 Å². The van der Waals surface area contributed by atoms with Gasteiger partial charge < -0.3 is 9.47 Å². The van der Waals surface area contributed by atoms with E-state index >= 15 is 0 Å². The van der Waals surface area contributed by atoms with Crippen molar-refractivity contribution in [3.8, 4) is 0 Å². The van der Waals surface area contributed by atoms with Crippen LogP contribution in [0.3, 0.4) is 0 Å². The first-order valence-corrected chi connectivity index (χ1v) is 4.80. The van der Waals surface area contributed by atoms with Gasteiger partial charge in [-0.1, -0.05) is 18.2 Å². The second kappa shape index (κ2) is 4.13. The normalized spacial score (nSPS) is 23.0. The number of thiol groups is 1. The van der Waals surface area contributed by atoms with Crippen LogP contribution in [-0.2, 0) is 9.47 Å². The molecule has 1 aliphatic heterocycles. The van der Waals surface area contributed by atoms with Gasteiger partial charge in [-0.2, -0.15) is 0 Å². The molecule has 2 nitrogen and oxygen atoms in total. The van der Waals surface area contributed by atoms with Crippen molar-refractivity contribution in [3.05, 3.63) is 29.8 Å². The molecule has 0 radical (unpaired) electrons. The Morgan fingerprint density at radius 2 is 2.08 bits per heavy atom. The zero-order valence-corrected chi connectivity index (χ0v) is 8.17. The van der Waals surface area contributed by atoms with Crippen LogP contribution in [-0.4, -0.2) is 19.8 Å². The number of hydrogen-bond donors (Lipinski definition) is 1.